The van der Waals surface area contributed by atoms with Crippen molar-refractivity contribution < 1.29 is 0 Å². The number of nitrogens with one attached hydrogen (secondary N) is 2. The summed E-state index contributed by atoms with van der Waals surface area (Å²) in [5.41, 5.74) is 1.02. The second kappa shape index (κ2) is 3.68. The van der Waals surface area contributed by atoms with E-state index < -0.39 is 0 Å². The number of H-pyrrole nitrogens is 1. The Labute approximate surface area is 84.8 Å². The van der Waals surface area contributed by atoms with Gasteiger partial charge in [-0.05, 0) is 11.4 Å². The first-order valence-corrected chi connectivity index (χ1v) is 5.04. The Morgan fingerprint density at radius 2 is 2.54 bits per heavy atom. The van der Waals surface area contributed by atoms with Gasteiger partial charge in [-0.25, -0.2) is 4.98 Å². The Hall–Kier alpha value is -1.20. The van der Waals surface area contributed by atoms with E-state index in [0.29, 0.717) is 10.9 Å². The van der Waals surface area contributed by atoms with Gasteiger partial charge in [0.15, 0.2) is 0 Å². The molecule has 66 valence electrons. The summed E-state index contributed by atoms with van der Waals surface area (Å²) in [5.74, 6) is 0.677. The van der Waals surface area contributed by atoms with Crippen molar-refractivity contribution in [2.24, 2.45) is 0 Å². The van der Waals surface area contributed by atoms with E-state index in [0.717, 1.165) is 5.56 Å². The summed E-state index contributed by atoms with van der Waals surface area (Å²) in [5, 5.41) is 6.99. The van der Waals surface area contributed by atoms with E-state index in [2.05, 4.69) is 15.3 Å². The van der Waals surface area contributed by atoms with Gasteiger partial charge >= 0.3 is 0 Å². The maximum atomic E-state index is 5.16. The van der Waals surface area contributed by atoms with Gasteiger partial charge in [0.1, 0.15) is 4.99 Å². The van der Waals surface area contributed by atoms with E-state index in [-0.39, 0.29) is 0 Å². The molecule has 2 rings (SSSR count). The van der Waals surface area contributed by atoms with Crippen molar-refractivity contribution in [3.63, 3.8) is 0 Å². The number of hydrogen-bond acceptors (Lipinski definition) is 3. The molecule has 0 saturated heterocycles. The normalized spacial score (nSPS) is 9.85. The highest BCUT2D eigenvalue weighted by atomic mass is 32.1. The van der Waals surface area contributed by atoms with Crippen LogP contribution in [0.2, 0.25) is 0 Å². The van der Waals surface area contributed by atoms with E-state index in [1.54, 1.807) is 23.7 Å². The van der Waals surface area contributed by atoms with Gasteiger partial charge in [0.2, 0.25) is 5.95 Å². The van der Waals surface area contributed by atoms with Crippen LogP contribution in [-0.2, 0) is 0 Å². The largest absolute Gasteiger partial charge is 0.331 e. The van der Waals surface area contributed by atoms with Crippen LogP contribution in [0.15, 0.2) is 29.2 Å². The number of nitrogens with zero attached hydrogens (tertiary/aromatic N) is 1. The zero-order valence-electron chi connectivity index (χ0n) is 6.65. The summed E-state index contributed by atoms with van der Waals surface area (Å²) >= 11 is 6.78. The lowest BCUT2D eigenvalue weighted by Crippen LogP contribution is -2.10. The fourth-order valence-electron chi connectivity index (χ4n) is 0.907. The molecule has 0 amide bonds. The molecule has 13 heavy (non-hydrogen) atoms. The molecule has 0 aromatic carbocycles. The Bertz CT molecular complexity index is 377. The van der Waals surface area contributed by atoms with Crippen molar-refractivity contribution in [2.75, 3.05) is 5.32 Å². The van der Waals surface area contributed by atoms with Crippen molar-refractivity contribution in [1.82, 2.24) is 9.97 Å². The van der Waals surface area contributed by atoms with Gasteiger partial charge in [-0.15, -0.1) is 0 Å². The van der Waals surface area contributed by atoms with Gasteiger partial charge < -0.3 is 10.3 Å². The van der Waals surface area contributed by atoms with Gasteiger partial charge in [0, 0.05) is 23.3 Å². The van der Waals surface area contributed by atoms with Crippen molar-refractivity contribution >= 4 is 34.5 Å². The quantitative estimate of drug-likeness (QED) is 0.745. The monoisotopic (exact) mass is 209 g/mol. The van der Waals surface area contributed by atoms with Gasteiger partial charge in [-0.2, -0.15) is 11.3 Å². The molecule has 0 fully saturated rings. The molecule has 0 atom stereocenters. The third-order valence-corrected chi connectivity index (χ3v) is 2.53. The first kappa shape index (κ1) is 8.40. The second-order valence-electron chi connectivity index (χ2n) is 2.40. The molecule has 2 N–H and O–H groups in total. The SMILES string of the molecule is S=C(Nc1ncc[nH]1)c1ccsc1. The molecule has 2 aromatic rings. The summed E-state index contributed by atoms with van der Waals surface area (Å²) in [6, 6.07) is 1.98. The average Bonchev–Trinajstić information content (AvgIpc) is 2.74. The molecule has 5 heteroatoms. The highest BCUT2D eigenvalue weighted by molar-refractivity contribution is 7.81. The van der Waals surface area contributed by atoms with E-state index in [1.165, 1.54) is 0 Å². The minimum Gasteiger partial charge on any atom is -0.331 e. The maximum absolute atomic E-state index is 5.16. The topological polar surface area (TPSA) is 40.7 Å². The lowest BCUT2D eigenvalue weighted by atomic mass is 10.3. The van der Waals surface area contributed by atoms with Crippen LogP contribution >= 0.6 is 23.6 Å². The molecule has 0 radical (unpaired) electrons. The summed E-state index contributed by atoms with van der Waals surface area (Å²) < 4.78 is 0. The molecule has 0 spiro atoms. The Morgan fingerprint density at radius 3 is 3.15 bits per heavy atom. The summed E-state index contributed by atoms with van der Waals surface area (Å²) in [6.07, 6.45) is 3.43. The van der Waals surface area contributed by atoms with Crippen LogP contribution in [0.4, 0.5) is 5.95 Å². The van der Waals surface area contributed by atoms with Gasteiger partial charge in [-0.1, -0.05) is 12.2 Å². The van der Waals surface area contributed by atoms with Crippen LogP contribution in [0.25, 0.3) is 0 Å². The molecule has 0 saturated carbocycles. The highest BCUT2D eigenvalue weighted by Crippen LogP contribution is 2.08. The summed E-state index contributed by atoms with van der Waals surface area (Å²) in [7, 11) is 0. The highest BCUT2D eigenvalue weighted by Gasteiger charge is 2.01. The van der Waals surface area contributed by atoms with E-state index in [9.17, 15) is 0 Å². The third kappa shape index (κ3) is 1.93. The van der Waals surface area contributed by atoms with Gasteiger partial charge in [-0.3, -0.25) is 0 Å². The predicted octanol–water partition coefficient (Wildman–Crippen LogP) is 2.26. The van der Waals surface area contributed by atoms with Crippen LogP contribution in [0, 0.1) is 0 Å². The Balaban J connectivity index is 2.08. The van der Waals surface area contributed by atoms with Crippen molar-refractivity contribution in [3.05, 3.63) is 34.8 Å². The molecule has 0 aliphatic heterocycles. The molecule has 2 aromatic heterocycles. The lowest BCUT2D eigenvalue weighted by molar-refractivity contribution is 1.31. The first-order chi connectivity index (χ1) is 6.36. The molecule has 0 aliphatic rings. The van der Waals surface area contributed by atoms with Crippen LogP contribution in [0.3, 0.4) is 0 Å². The number of anilines is 1. The number of aromatic nitrogens is 2. The Kier molecular flexibility index (Phi) is 2.37. The molecule has 0 aliphatic carbocycles. The molecule has 3 nitrogen and oxygen atoms in total. The maximum Gasteiger partial charge on any atom is 0.205 e. The standard InChI is InChI=1S/C8H7N3S2/c12-7(6-1-4-13-5-6)11-8-9-2-3-10-8/h1-5H,(H2,9,10,11,12). The zero-order chi connectivity index (χ0) is 9.10. The number of hydrogen-bond donors (Lipinski definition) is 2. The zero-order valence-corrected chi connectivity index (χ0v) is 8.28. The lowest BCUT2D eigenvalue weighted by Gasteiger charge is -2.01. The van der Waals surface area contributed by atoms with Crippen LogP contribution in [0.1, 0.15) is 5.56 Å². The minimum atomic E-state index is 0.677. The molecular weight excluding hydrogens is 202 g/mol. The average molecular weight is 209 g/mol. The van der Waals surface area contributed by atoms with Crippen LogP contribution in [-0.4, -0.2) is 15.0 Å². The molecule has 0 bridgehead atoms. The van der Waals surface area contributed by atoms with E-state index in [4.69, 9.17) is 12.2 Å². The first-order valence-electron chi connectivity index (χ1n) is 3.69. The van der Waals surface area contributed by atoms with E-state index >= 15 is 0 Å². The number of imidazole rings is 1. The molecule has 0 unspecified atom stereocenters. The number of aromatic amines is 1. The van der Waals surface area contributed by atoms with Crippen molar-refractivity contribution in [2.45, 2.75) is 0 Å². The smallest absolute Gasteiger partial charge is 0.205 e. The fraction of sp³-hybridized carbons (Fsp3) is 0. The predicted molar refractivity (Wildman–Crippen MR) is 58.2 cm³/mol. The van der Waals surface area contributed by atoms with Crippen molar-refractivity contribution in [1.29, 1.82) is 0 Å². The van der Waals surface area contributed by atoms with Crippen LogP contribution < -0.4 is 5.32 Å². The van der Waals surface area contributed by atoms with Gasteiger partial charge in [0.25, 0.3) is 0 Å². The number of thiocarbonyl (C=S) groups is 1. The van der Waals surface area contributed by atoms with Crippen LogP contribution in [0.5, 0.6) is 0 Å². The summed E-state index contributed by atoms with van der Waals surface area (Å²) in [6.45, 7) is 0. The molecule has 2 heterocycles. The Morgan fingerprint density at radius 1 is 1.62 bits per heavy atom. The fourth-order valence-corrected chi connectivity index (χ4v) is 1.85. The van der Waals surface area contributed by atoms with Gasteiger partial charge in [0.05, 0.1) is 0 Å². The number of thiophene rings is 1. The molecular formula is C8H7N3S2. The number of rotatable bonds is 2. The second-order valence-corrected chi connectivity index (χ2v) is 3.59. The van der Waals surface area contributed by atoms with E-state index in [1.807, 2.05) is 16.8 Å². The van der Waals surface area contributed by atoms with Crippen molar-refractivity contribution in [3.8, 4) is 0 Å². The minimum absolute atomic E-state index is 0.677. The summed E-state index contributed by atoms with van der Waals surface area (Å²) in [4.78, 5) is 7.63. The third-order valence-electron chi connectivity index (χ3n) is 1.51.